The maximum atomic E-state index is 13.6. The number of aromatic hydroxyl groups is 1. The Morgan fingerprint density at radius 3 is 2.81 bits per heavy atom. The molecule has 1 aliphatic heterocycles. The zero-order chi connectivity index (χ0) is 25.2. The first kappa shape index (κ1) is 23.3. The number of fused-ring (bicyclic) bond motifs is 1. The number of furan rings is 1. The minimum atomic E-state index is -0.501. The van der Waals surface area contributed by atoms with E-state index in [0.717, 1.165) is 11.1 Å². The molecule has 5 rings (SSSR count). The quantitative estimate of drug-likeness (QED) is 0.308. The van der Waals surface area contributed by atoms with Crippen LogP contribution in [0.15, 0.2) is 71.9 Å². The number of nitrogens with zero attached hydrogens (tertiary/aromatic N) is 2. The third kappa shape index (κ3) is 4.11. The fourth-order valence-corrected chi connectivity index (χ4v) is 4.55. The molecule has 36 heavy (non-hydrogen) atoms. The van der Waals surface area contributed by atoms with Crippen LogP contribution in [0.1, 0.15) is 45.9 Å². The van der Waals surface area contributed by atoms with Gasteiger partial charge in [0.25, 0.3) is 5.91 Å². The number of phenols is 1. The number of carbonyl (C=O) groups excluding carboxylic acids is 1. The zero-order valence-electron chi connectivity index (χ0n) is 20.2. The molecule has 0 aliphatic carbocycles. The van der Waals surface area contributed by atoms with Crippen molar-refractivity contribution < 1.29 is 23.8 Å². The van der Waals surface area contributed by atoms with Crippen molar-refractivity contribution in [1.29, 1.82) is 0 Å². The van der Waals surface area contributed by atoms with E-state index in [2.05, 4.69) is 16.8 Å². The number of phenolic OH excluding ortho intramolecular Hbond substituents is 1. The summed E-state index contributed by atoms with van der Waals surface area (Å²) in [7, 11) is 0. The summed E-state index contributed by atoms with van der Waals surface area (Å²) in [5.41, 5.74) is 3.94. The lowest BCUT2D eigenvalue weighted by Crippen LogP contribution is -2.29. The molecule has 0 saturated heterocycles. The molecule has 2 aromatic heterocycles. The monoisotopic (exact) mass is 485 g/mol. The molecule has 1 amide bonds. The van der Waals surface area contributed by atoms with Crippen molar-refractivity contribution in [2.75, 3.05) is 13.2 Å². The van der Waals surface area contributed by atoms with Gasteiger partial charge in [-0.2, -0.15) is 5.10 Å². The standard InChI is InChI=1S/C28H27N3O5/c1-4-12-36-22-11-9-18(15-23(22)34-5-2)27-24-25(20-14-17(3)8-10-21(20)32)29-30-26(24)28(33)31(27)16-19-7-6-13-35-19/h4,6-11,13-15,27,32H,1,5,12,16H2,2-3H3,(H,29,30)/t27-/m1/s1. The number of aromatic nitrogens is 2. The molecule has 8 heteroatoms. The fourth-order valence-electron chi connectivity index (χ4n) is 4.55. The summed E-state index contributed by atoms with van der Waals surface area (Å²) in [5, 5.41) is 18.0. The average molecular weight is 486 g/mol. The Morgan fingerprint density at radius 2 is 2.06 bits per heavy atom. The number of hydrogen-bond donors (Lipinski definition) is 2. The van der Waals surface area contributed by atoms with E-state index >= 15 is 0 Å². The van der Waals surface area contributed by atoms with Gasteiger partial charge < -0.3 is 23.9 Å². The summed E-state index contributed by atoms with van der Waals surface area (Å²) in [4.78, 5) is 15.3. The number of nitrogens with one attached hydrogen (secondary N) is 1. The smallest absolute Gasteiger partial charge is 0.273 e. The predicted octanol–water partition coefficient (Wildman–Crippen LogP) is 5.39. The molecule has 0 spiro atoms. The molecule has 2 N–H and O–H groups in total. The highest BCUT2D eigenvalue weighted by Gasteiger charge is 2.43. The molecule has 2 aromatic carbocycles. The first-order valence-electron chi connectivity index (χ1n) is 11.7. The van der Waals surface area contributed by atoms with Gasteiger partial charge in [0.2, 0.25) is 0 Å². The number of carbonyl (C=O) groups is 1. The SMILES string of the molecule is C=CCOc1ccc([C@@H]2c3c(-c4cc(C)ccc4O)n[nH]c3C(=O)N2Cc2ccco2)cc1OCC. The van der Waals surface area contributed by atoms with Crippen LogP contribution in [0.4, 0.5) is 0 Å². The van der Waals surface area contributed by atoms with Crippen LogP contribution in [0, 0.1) is 6.92 Å². The molecule has 3 heterocycles. The van der Waals surface area contributed by atoms with Gasteiger partial charge in [0, 0.05) is 11.1 Å². The second kappa shape index (κ2) is 9.65. The lowest BCUT2D eigenvalue weighted by Gasteiger charge is -2.26. The molecular weight excluding hydrogens is 458 g/mol. The van der Waals surface area contributed by atoms with Gasteiger partial charge in [-0.25, -0.2) is 0 Å². The molecule has 0 unspecified atom stereocenters. The Morgan fingerprint density at radius 1 is 1.19 bits per heavy atom. The predicted molar refractivity (Wildman–Crippen MR) is 134 cm³/mol. The van der Waals surface area contributed by atoms with Crippen LogP contribution in [0.2, 0.25) is 0 Å². The lowest BCUT2D eigenvalue weighted by molar-refractivity contribution is 0.0716. The summed E-state index contributed by atoms with van der Waals surface area (Å²) in [6.07, 6.45) is 3.25. The van der Waals surface area contributed by atoms with Crippen LogP contribution in [-0.4, -0.2) is 39.3 Å². The average Bonchev–Trinajstić information content (AvgIpc) is 3.60. The van der Waals surface area contributed by atoms with Gasteiger partial charge in [0.05, 0.1) is 25.5 Å². The van der Waals surface area contributed by atoms with Gasteiger partial charge in [-0.05, 0) is 55.8 Å². The summed E-state index contributed by atoms with van der Waals surface area (Å²) >= 11 is 0. The fraction of sp³-hybridized carbons (Fsp3) is 0.214. The molecule has 1 atom stereocenters. The maximum absolute atomic E-state index is 13.6. The van der Waals surface area contributed by atoms with Crippen LogP contribution >= 0.6 is 0 Å². The number of rotatable bonds is 9. The second-order valence-electron chi connectivity index (χ2n) is 8.54. The minimum absolute atomic E-state index is 0.0914. The zero-order valence-corrected chi connectivity index (χ0v) is 20.2. The highest BCUT2D eigenvalue weighted by atomic mass is 16.5. The van der Waals surface area contributed by atoms with Gasteiger partial charge in [-0.1, -0.05) is 30.4 Å². The van der Waals surface area contributed by atoms with Crippen molar-refractivity contribution in [2.45, 2.75) is 26.4 Å². The van der Waals surface area contributed by atoms with Gasteiger partial charge in [-0.15, -0.1) is 0 Å². The molecule has 184 valence electrons. The number of amides is 1. The number of aromatic amines is 1. The van der Waals surface area contributed by atoms with Crippen LogP contribution < -0.4 is 9.47 Å². The highest BCUT2D eigenvalue weighted by Crippen LogP contribution is 2.46. The molecule has 0 bridgehead atoms. The van der Waals surface area contributed by atoms with Crippen molar-refractivity contribution in [3.63, 3.8) is 0 Å². The number of H-pyrrole nitrogens is 1. The summed E-state index contributed by atoms with van der Waals surface area (Å²) in [6, 6.07) is 14.1. The number of benzene rings is 2. The summed E-state index contributed by atoms with van der Waals surface area (Å²) in [6.45, 7) is 8.61. The first-order chi connectivity index (χ1) is 17.5. The van der Waals surface area contributed by atoms with Crippen LogP contribution in [-0.2, 0) is 6.54 Å². The Hall–Kier alpha value is -4.46. The molecule has 0 saturated carbocycles. The molecular formula is C28H27N3O5. The van der Waals surface area contributed by atoms with E-state index in [4.69, 9.17) is 13.9 Å². The van der Waals surface area contributed by atoms with Crippen molar-refractivity contribution >= 4 is 5.91 Å². The van der Waals surface area contributed by atoms with E-state index in [9.17, 15) is 9.90 Å². The Kier molecular flexibility index (Phi) is 6.25. The first-order valence-corrected chi connectivity index (χ1v) is 11.7. The Balaban J connectivity index is 1.66. The summed E-state index contributed by atoms with van der Waals surface area (Å²) < 4.78 is 17.2. The Labute approximate surface area is 208 Å². The summed E-state index contributed by atoms with van der Waals surface area (Å²) in [5.74, 6) is 1.70. The van der Waals surface area contributed by atoms with Crippen molar-refractivity contribution in [3.05, 3.63) is 95.6 Å². The number of aryl methyl sites for hydroxylation is 1. The van der Waals surface area contributed by atoms with E-state index in [1.165, 1.54) is 0 Å². The van der Waals surface area contributed by atoms with Crippen LogP contribution in [0.5, 0.6) is 17.2 Å². The van der Waals surface area contributed by atoms with Gasteiger partial charge in [0.1, 0.15) is 29.5 Å². The van der Waals surface area contributed by atoms with Gasteiger partial charge in [0.15, 0.2) is 11.5 Å². The molecule has 4 aromatic rings. The maximum Gasteiger partial charge on any atom is 0.273 e. The third-order valence-electron chi connectivity index (χ3n) is 6.12. The van der Waals surface area contributed by atoms with Crippen molar-refractivity contribution in [3.8, 4) is 28.5 Å². The van der Waals surface area contributed by atoms with E-state index in [1.54, 1.807) is 29.4 Å². The van der Waals surface area contributed by atoms with E-state index < -0.39 is 6.04 Å². The van der Waals surface area contributed by atoms with Gasteiger partial charge in [-0.3, -0.25) is 9.89 Å². The third-order valence-corrected chi connectivity index (χ3v) is 6.12. The molecule has 0 fully saturated rings. The topological polar surface area (TPSA) is 101 Å². The van der Waals surface area contributed by atoms with Crippen molar-refractivity contribution in [1.82, 2.24) is 15.1 Å². The normalized spacial score (nSPS) is 14.7. The highest BCUT2D eigenvalue weighted by molar-refractivity contribution is 6.00. The molecule has 8 nitrogen and oxygen atoms in total. The Bertz CT molecular complexity index is 1410. The van der Waals surface area contributed by atoms with E-state index in [-0.39, 0.29) is 18.2 Å². The van der Waals surface area contributed by atoms with E-state index in [1.807, 2.05) is 50.2 Å². The van der Waals surface area contributed by atoms with Crippen LogP contribution in [0.25, 0.3) is 11.3 Å². The molecule has 0 radical (unpaired) electrons. The lowest BCUT2D eigenvalue weighted by atomic mass is 9.94. The van der Waals surface area contributed by atoms with E-state index in [0.29, 0.717) is 53.0 Å². The minimum Gasteiger partial charge on any atom is -0.507 e. The van der Waals surface area contributed by atoms with Gasteiger partial charge >= 0.3 is 0 Å². The molecule has 1 aliphatic rings. The largest absolute Gasteiger partial charge is 0.507 e. The number of hydrogen-bond acceptors (Lipinski definition) is 6. The van der Waals surface area contributed by atoms with Crippen molar-refractivity contribution in [2.24, 2.45) is 0 Å². The van der Waals surface area contributed by atoms with Crippen LogP contribution in [0.3, 0.4) is 0 Å². The number of ether oxygens (including phenoxy) is 2. The second-order valence-corrected chi connectivity index (χ2v) is 8.54.